The van der Waals surface area contributed by atoms with Gasteiger partial charge in [-0.25, -0.2) is 4.39 Å². The first-order chi connectivity index (χ1) is 9.51. The second-order valence-electron chi connectivity index (χ2n) is 4.92. The minimum Gasteiger partial charge on any atom is -0.376 e. The van der Waals surface area contributed by atoms with Crippen LogP contribution in [0.3, 0.4) is 0 Å². The number of hydrogen-bond donors (Lipinski definition) is 2. The third-order valence-electron chi connectivity index (χ3n) is 3.29. The van der Waals surface area contributed by atoms with Gasteiger partial charge >= 0.3 is 0 Å². The molecule has 3 N–H and O–H groups in total. The van der Waals surface area contributed by atoms with Gasteiger partial charge in [0.2, 0.25) is 0 Å². The predicted octanol–water partition coefficient (Wildman–Crippen LogP) is 4.21. The van der Waals surface area contributed by atoms with Crippen molar-refractivity contribution in [3.8, 4) is 0 Å². The quantitative estimate of drug-likeness (QED) is 0.886. The van der Waals surface area contributed by atoms with Gasteiger partial charge in [-0.2, -0.15) is 0 Å². The maximum absolute atomic E-state index is 13.3. The molecule has 0 fully saturated rings. The van der Waals surface area contributed by atoms with Crippen LogP contribution in [0.2, 0.25) is 5.02 Å². The van der Waals surface area contributed by atoms with E-state index in [1.54, 1.807) is 0 Å². The fraction of sp³-hybridized carbons (Fsp3) is 0.250. The third-order valence-corrected chi connectivity index (χ3v) is 3.62. The van der Waals surface area contributed by atoms with E-state index in [9.17, 15) is 4.39 Å². The molecule has 0 amide bonds. The first kappa shape index (κ1) is 14.8. The van der Waals surface area contributed by atoms with Crippen molar-refractivity contribution < 1.29 is 4.39 Å². The Morgan fingerprint density at radius 2 is 1.95 bits per heavy atom. The summed E-state index contributed by atoms with van der Waals surface area (Å²) in [4.78, 5) is 0. The monoisotopic (exact) mass is 292 g/mol. The van der Waals surface area contributed by atoms with E-state index in [2.05, 4.69) is 11.4 Å². The molecule has 0 saturated carbocycles. The van der Waals surface area contributed by atoms with E-state index in [4.69, 9.17) is 17.3 Å². The molecule has 4 heteroatoms. The standard InChI is InChI=1S/C16H18ClFN2/c1-10-3-5-13(11(2)7-10)16(9-19)20-15-8-12(18)4-6-14(15)17/h3-8,16,20H,9,19H2,1-2H3. The average Bonchev–Trinajstić information content (AvgIpc) is 2.40. The second kappa shape index (κ2) is 6.25. The lowest BCUT2D eigenvalue weighted by Crippen LogP contribution is -2.21. The number of rotatable bonds is 4. The lowest BCUT2D eigenvalue weighted by atomic mass is 9.99. The molecule has 0 aliphatic carbocycles. The maximum atomic E-state index is 13.3. The molecule has 1 unspecified atom stereocenters. The van der Waals surface area contributed by atoms with E-state index in [-0.39, 0.29) is 11.9 Å². The number of hydrogen-bond acceptors (Lipinski definition) is 2. The van der Waals surface area contributed by atoms with Crippen molar-refractivity contribution in [3.63, 3.8) is 0 Å². The number of nitrogens with one attached hydrogen (secondary N) is 1. The molecule has 0 saturated heterocycles. The highest BCUT2D eigenvalue weighted by Gasteiger charge is 2.14. The molecule has 20 heavy (non-hydrogen) atoms. The average molecular weight is 293 g/mol. The molecule has 2 aromatic carbocycles. The van der Waals surface area contributed by atoms with Gasteiger partial charge in [0.25, 0.3) is 0 Å². The zero-order chi connectivity index (χ0) is 14.7. The molecular weight excluding hydrogens is 275 g/mol. The van der Waals surface area contributed by atoms with Gasteiger partial charge < -0.3 is 11.1 Å². The van der Waals surface area contributed by atoms with Crippen LogP contribution >= 0.6 is 11.6 Å². The lowest BCUT2D eigenvalue weighted by Gasteiger charge is -2.21. The van der Waals surface area contributed by atoms with Gasteiger partial charge in [0.1, 0.15) is 5.82 Å². The molecule has 1 atom stereocenters. The van der Waals surface area contributed by atoms with Gasteiger partial charge in [-0.15, -0.1) is 0 Å². The number of anilines is 1. The topological polar surface area (TPSA) is 38.0 Å². The Bertz CT molecular complexity index is 613. The predicted molar refractivity (Wildman–Crippen MR) is 82.7 cm³/mol. The van der Waals surface area contributed by atoms with Gasteiger partial charge in [0.05, 0.1) is 16.8 Å². The number of benzene rings is 2. The fourth-order valence-corrected chi connectivity index (χ4v) is 2.45. The summed E-state index contributed by atoms with van der Waals surface area (Å²) in [6, 6.07) is 10.3. The van der Waals surface area contributed by atoms with Crippen molar-refractivity contribution in [2.75, 3.05) is 11.9 Å². The second-order valence-corrected chi connectivity index (χ2v) is 5.32. The maximum Gasteiger partial charge on any atom is 0.125 e. The lowest BCUT2D eigenvalue weighted by molar-refractivity contribution is 0.627. The Hall–Kier alpha value is -1.58. The summed E-state index contributed by atoms with van der Waals surface area (Å²) in [5.74, 6) is -0.326. The third kappa shape index (κ3) is 3.30. The minimum atomic E-state index is -0.326. The molecule has 0 bridgehead atoms. The Balaban J connectivity index is 2.31. The molecule has 0 aliphatic rings. The molecule has 106 valence electrons. The van der Waals surface area contributed by atoms with E-state index in [1.807, 2.05) is 26.0 Å². The molecule has 0 aliphatic heterocycles. The number of aryl methyl sites for hydroxylation is 2. The molecular formula is C16H18ClFN2. The van der Waals surface area contributed by atoms with Crippen LogP contribution in [0, 0.1) is 19.7 Å². The van der Waals surface area contributed by atoms with Gasteiger partial charge in [0, 0.05) is 6.54 Å². The summed E-state index contributed by atoms with van der Waals surface area (Å²) < 4.78 is 13.3. The fourth-order valence-electron chi connectivity index (χ4n) is 2.28. The highest BCUT2D eigenvalue weighted by Crippen LogP contribution is 2.28. The summed E-state index contributed by atoms with van der Waals surface area (Å²) in [5.41, 5.74) is 9.85. The van der Waals surface area contributed by atoms with Crippen molar-refractivity contribution in [1.82, 2.24) is 0 Å². The van der Waals surface area contributed by atoms with E-state index in [0.717, 1.165) is 11.1 Å². The van der Waals surface area contributed by atoms with Gasteiger partial charge in [-0.05, 0) is 43.2 Å². The van der Waals surface area contributed by atoms with Crippen molar-refractivity contribution in [2.45, 2.75) is 19.9 Å². The summed E-state index contributed by atoms with van der Waals surface area (Å²) in [6.45, 7) is 4.49. The van der Waals surface area contributed by atoms with Crippen molar-refractivity contribution in [2.24, 2.45) is 5.73 Å². The van der Waals surface area contributed by atoms with Crippen LogP contribution in [0.25, 0.3) is 0 Å². The molecule has 2 nitrogen and oxygen atoms in total. The van der Waals surface area contributed by atoms with Crippen molar-refractivity contribution >= 4 is 17.3 Å². The van der Waals surface area contributed by atoms with E-state index >= 15 is 0 Å². The first-order valence-corrected chi connectivity index (χ1v) is 6.88. The molecule has 2 aromatic rings. The molecule has 0 radical (unpaired) electrons. The van der Waals surface area contributed by atoms with Crippen LogP contribution in [-0.2, 0) is 0 Å². The molecule has 0 aromatic heterocycles. The highest BCUT2D eigenvalue weighted by molar-refractivity contribution is 6.33. The zero-order valence-corrected chi connectivity index (χ0v) is 12.3. The van der Waals surface area contributed by atoms with Crippen LogP contribution in [0.15, 0.2) is 36.4 Å². The van der Waals surface area contributed by atoms with Gasteiger partial charge in [0.15, 0.2) is 0 Å². The van der Waals surface area contributed by atoms with Gasteiger partial charge in [-0.1, -0.05) is 35.4 Å². The Kier molecular flexibility index (Phi) is 4.63. The summed E-state index contributed by atoms with van der Waals surface area (Å²) in [7, 11) is 0. The largest absolute Gasteiger partial charge is 0.376 e. The smallest absolute Gasteiger partial charge is 0.125 e. The summed E-state index contributed by atoms with van der Waals surface area (Å²) >= 11 is 6.08. The summed E-state index contributed by atoms with van der Waals surface area (Å²) in [5, 5.41) is 3.70. The van der Waals surface area contributed by atoms with E-state index in [0.29, 0.717) is 17.3 Å². The Labute approximate surface area is 123 Å². The Morgan fingerprint density at radius 1 is 1.20 bits per heavy atom. The molecule has 2 rings (SSSR count). The van der Waals surface area contributed by atoms with E-state index in [1.165, 1.54) is 23.8 Å². The van der Waals surface area contributed by atoms with Crippen LogP contribution in [0.5, 0.6) is 0 Å². The summed E-state index contributed by atoms with van der Waals surface area (Å²) in [6.07, 6.45) is 0. The van der Waals surface area contributed by atoms with Crippen molar-refractivity contribution in [1.29, 1.82) is 0 Å². The Morgan fingerprint density at radius 3 is 2.60 bits per heavy atom. The van der Waals surface area contributed by atoms with E-state index < -0.39 is 0 Å². The highest BCUT2D eigenvalue weighted by atomic mass is 35.5. The number of halogens is 2. The SMILES string of the molecule is Cc1ccc(C(CN)Nc2cc(F)ccc2Cl)c(C)c1. The number of nitrogens with two attached hydrogens (primary N) is 1. The van der Waals surface area contributed by atoms with Crippen LogP contribution in [0.1, 0.15) is 22.7 Å². The molecule has 0 spiro atoms. The molecule has 0 heterocycles. The van der Waals surface area contributed by atoms with Crippen LogP contribution in [-0.4, -0.2) is 6.54 Å². The van der Waals surface area contributed by atoms with Crippen LogP contribution in [0.4, 0.5) is 10.1 Å². The first-order valence-electron chi connectivity index (χ1n) is 6.50. The van der Waals surface area contributed by atoms with Crippen molar-refractivity contribution in [3.05, 3.63) is 63.9 Å². The normalized spacial score (nSPS) is 12.2. The van der Waals surface area contributed by atoms with Crippen LogP contribution < -0.4 is 11.1 Å². The minimum absolute atomic E-state index is 0.102. The van der Waals surface area contributed by atoms with Gasteiger partial charge in [-0.3, -0.25) is 0 Å². The zero-order valence-electron chi connectivity index (χ0n) is 11.6.